The van der Waals surface area contributed by atoms with Crippen molar-refractivity contribution in [2.24, 2.45) is 0 Å². The maximum Gasteiger partial charge on any atom is 0.325 e. The Morgan fingerprint density at radius 2 is 1.93 bits per heavy atom. The van der Waals surface area contributed by atoms with Gasteiger partial charge in [-0.05, 0) is 68.1 Å². The number of hydrogen-bond donors (Lipinski definition) is 3. The van der Waals surface area contributed by atoms with E-state index >= 15 is 0 Å². The number of carbonyl (C=O) groups excluding carboxylic acids is 1. The third-order valence-electron chi connectivity index (χ3n) is 6.65. The molecule has 1 fully saturated rings. The van der Waals surface area contributed by atoms with Crippen molar-refractivity contribution in [3.05, 3.63) is 53.5 Å². The molecule has 10 nitrogen and oxygen atoms in total. The largest absolute Gasteiger partial charge is 0.493 e. The Hall–Kier alpha value is -4.00. The first-order chi connectivity index (χ1) is 19.6. The van der Waals surface area contributed by atoms with Crippen molar-refractivity contribution >= 4 is 72.1 Å². The number of hydrogen-bond acceptors (Lipinski definition) is 10. The molecule has 2 amide bonds. The lowest BCUT2D eigenvalue weighted by atomic mass is 10.2. The van der Waals surface area contributed by atoms with Crippen LogP contribution < -0.4 is 25.4 Å². The van der Waals surface area contributed by atoms with Gasteiger partial charge in [0, 0.05) is 29.1 Å². The van der Waals surface area contributed by atoms with Crippen LogP contribution in [0.4, 0.5) is 27.1 Å². The number of nitrogens with zero attached hydrogens (tertiary/aromatic N) is 4. The molecular weight excluding hydrogens is 546 g/mol. The number of urea groups is 1. The molecule has 12 heteroatoms. The normalized spacial score (nSPS) is 13.5. The smallest absolute Gasteiger partial charge is 0.325 e. The maximum absolute atomic E-state index is 12.3. The van der Waals surface area contributed by atoms with Gasteiger partial charge in [-0.1, -0.05) is 11.3 Å². The van der Waals surface area contributed by atoms with Gasteiger partial charge in [0.2, 0.25) is 0 Å². The molecule has 1 saturated heterocycles. The van der Waals surface area contributed by atoms with Crippen LogP contribution >= 0.6 is 22.7 Å². The SMILES string of the molecule is COc1cc2c(Nc3ccc4nc(NC(=O)Nc5ccsc5)sc4c3)ncnc2cc1OCCCN1CCCC1. The van der Waals surface area contributed by atoms with Crippen LogP contribution in [0, 0.1) is 0 Å². The number of thiazole rings is 1. The van der Waals surface area contributed by atoms with Crippen LogP contribution in [-0.2, 0) is 0 Å². The van der Waals surface area contributed by atoms with Crippen molar-refractivity contribution in [2.75, 3.05) is 49.3 Å². The summed E-state index contributed by atoms with van der Waals surface area (Å²) >= 11 is 2.92. The van der Waals surface area contributed by atoms with Gasteiger partial charge in [0.1, 0.15) is 12.1 Å². The first kappa shape index (κ1) is 26.2. The number of ether oxygens (including phenoxy) is 2. The highest BCUT2D eigenvalue weighted by atomic mass is 32.1. The van der Waals surface area contributed by atoms with E-state index in [0.717, 1.165) is 45.5 Å². The zero-order valence-electron chi connectivity index (χ0n) is 22.0. The molecule has 0 aliphatic carbocycles. The van der Waals surface area contributed by atoms with E-state index in [1.807, 2.05) is 47.2 Å². The van der Waals surface area contributed by atoms with Crippen molar-refractivity contribution < 1.29 is 14.3 Å². The molecule has 2 aromatic carbocycles. The molecule has 5 aromatic rings. The average Bonchev–Trinajstić information content (AvgIpc) is 3.73. The summed E-state index contributed by atoms with van der Waals surface area (Å²) in [4.78, 5) is 28.3. The second kappa shape index (κ2) is 12.0. The fourth-order valence-corrected chi connectivity index (χ4v) is 6.19. The number of fused-ring (bicyclic) bond motifs is 2. The summed E-state index contributed by atoms with van der Waals surface area (Å²) in [7, 11) is 1.64. The Labute approximate surface area is 239 Å². The Morgan fingerprint density at radius 3 is 2.75 bits per heavy atom. The van der Waals surface area contributed by atoms with Gasteiger partial charge in [0.05, 0.1) is 35.1 Å². The van der Waals surface area contributed by atoms with E-state index < -0.39 is 0 Å². The molecule has 1 aliphatic rings. The van der Waals surface area contributed by atoms with Crippen molar-refractivity contribution in [3.63, 3.8) is 0 Å². The fourth-order valence-electron chi connectivity index (χ4n) is 4.70. The van der Waals surface area contributed by atoms with Gasteiger partial charge in [-0.2, -0.15) is 11.3 Å². The summed E-state index contributed by atoms with van der Waals surface area (Å²) < 4.78 is 12.7. The van der Waals surface area contributed by atoms with Gasteiger partial charge in [-0.25, -0.2) is 19.7 Å². The summed E-state index contributed by atoms with van der Waals surface area (Å²) in [6.45, 7) is 4.05. The van der Waals surface area contributed by atoms with E-state index in [0.29, 0.717) is 29.1 Å². The van der Waals surface area contributed by atoms with Crippen molar-refractivity contribution in [1.82, 2.24) is 19.9 Å². The topological polar surface area (TPSA) is 114 Å². The number of likely N-dealkylation sites (tertiary alicyclic amines) is 1. The van der Waals surface area contributed by atoms with Gasteiger partial charge in [-0.3, -0.25) is 5.32 Å². The number of benzene rings is 2. The Morgan fingerprint density at radius 1 is 1.02 bits per heavy atom. The molecule has 3 aromatic heterocycles. The lowest BCUT2D eigenvalue weighted by Gasteiger charge is -2.16. The number of methoxy groups -OCH3 is 1. The highest BCUT2D eigenvalue weighted by Gasteiger charge is 2.15. The van der Waals surface area contributed by atoms with E-state index in [1.54, 1.807) is 7.11 Å². The summed E-state index contributed by atoms with van der Waals surface area (Å²) in [5.41, 5.74) is 3.14. The quantitative estimate of drug-likeness (QED) is 0.160. The first-order valence-corrected chi connectivity index (χ1v) is 14.9. The van der Waals surface area contributed by atoms with Crippen LogP contribution in [0.15, 0.2) is 53.5 Å². The Balaban J connectivity index is 1.15. The van der Waals surface area contributed by atoms with Crippen LogP contribution in [-0.4, -0.2) is 59.2 Å². The van der Waals surface area contributed by atoms with Gasteiger partial charge < -0.3 is 25.0 Å². The molecule has 0 unspecified atom stereocenters. The van der Waals surface area contributed by atoms with Gasteiger partial charge in [0.15, 0.2) is 16.6 Å². The van der Waals surface area contributed by atoms with Gasteiger partial charge in [0.25, 0.3) is 0 Å². The summed E-state index contributed by atoms with van der Waals surface area (Å²) in [6.07, 6.45) is 5.09. The molecule has 4 heterocycles. The zero-order valence-corrected chi connectivity index (χ0v) is 23.6. The predicted octanol–water partition coefficient (Wildman–Crippen LogP) is 6.56. The molecule has 0 radical (unpaired) electrons. The van der Waals surface area contributed by atoms with E-state index in [4.69, 9.17) is 9.47 Å². The van der Waals surface area contributed by atoms with Crippen LogP contribution in [0.3, 0.4) is 0 Å². The van der Waals surface area contributed by atoms with Crippen molar-refractivity contribution in [3.8, 4) is 11.5 Å². The maximum atomic E-state index is 12.3. The summed E-state index contributed by atoms with van der Waals surface area (Å²) in [5, 5.41) is 14.1. The van der Waals surface area contributed by atoms with Gasteiger partial charge >= 0.3 is 6.03 Å². The van der Waals surface area contributed by atoms with Crippen molar-refractivity contribution in [1.29, 1.82) is 0 Å². The molecule has 0 saturated carbocycles. The minimum absolute atomic E-state index is 0.327. The number of amides is 2. The second-order valence-corrected chi connectivity index (χ2v) is 11.2. The summed E-state index contributed by atoms with van der Waals surface area (Å²) in [5.74, 6) is 1.97. The number of thiophene rings is 1. The van der Waals surface area contributed by atoms with Gasteiger partial charge in [-0.15, -0.1) is 0 Å². The highest BCUT2D eigenvalue weighted by molar-refractivity contribution is 7.22. The van der Waals surface area contributed by atoms with Crippen LogP contribution in [0.2, 0.25) is 0 Å². The summed E-state index contributed by atoms with van der Waals surface area (Å²) in [6, 6.07) is 11.2. The highest BCUT2D eigenvalue weighted by Crippen LogP contribution is 2.36. The number of nitrogens with one attached hydrogen (secondary N) is 3. The number of aromatic nitrogens is 3. The lowest BCUT2D eigenvalue weighted by molar-refractivity contribution is 0.254. The molecule has 3 N–H and O–H groups in total. The van der Waals surface area contributed by atoms with Crippen LogP contribution in [0.25, 0.3) is 21.1 Å². The third-order valence-corrected chi connectivity index (χ3v) is 8.26. The zero-order chi connectivity index (χ0) is 27.3. The molecule has 0 bridgehead atoms. The molecule has 1 aliphatic heterocycles. The molecule has 6 rings (SSSR count). The lowest BCUT2D eigenvalue weighted by Crippen LogP contribution is -2.21. The predicted molar refractivity (Wildman–Crippen MR) is 162 cm³/mol. The van der Waals surface area contributed by atoms with Crippen LogP contribution in [0.5, 0.6) is 11.5 Å². The average molecular weight is 576 g/mol. The van der Waals surface area contributed by atoms with E-state index in [2.05, 4.69) is 35.8 Å². The number of anilines is 4. The van der Waals surface area contributed by atoms with E-state index in [9.17, 15) is 4.79 Å². The molecule has 40 heavy (non-hydrogen) atoms. The molecular formula is C28H29N7O3S2. The minimum atomic E-state index is -0.327. The van der Waals surface area contributed by atoms with E-state index in [1.165, 1.54) is 54.9 Å². The minimum Gasteiger partial charge on any atom is -0.493 e. The monoisotopic (exact) mass is 575 g/mol. The Kier molecular flexibility index (Phi) is 7.89. The second-order valence-electron chi connectivity index (χ2n) is 9.41. The number of rotatable bonds is 10. The molecule has 206 valence electrons. The molecule has 0 atom stereocenters. The van der Waals surface area contributed by atoms with Crippen LogP contribution in [0.1, 0.15) is 19.3 Å². The standard InChI is InChI=1S/C28H29N7O3S2/c1-37-23-14-20-22(15-24(23)38-11-4-10-35-8-2-3-9-35)29-17-30-26(20)31-18-5-6-21-25(13-18)40-28(33-21)34-27(36)32-19-7-12-39-16-19/h5-7,12-17H,2-4,8-11H2,1H3,(H,29,30,31)(H2,32,33,34,36). The third kappa shape index (κ3) is 6.09. The van der Waals surface area contributed by atoms with E-state index in [-0.39, 0.29) is 6.03 Å². The molecule has 0 spiro atoms. The first-order valence-electron chi connectivity index (χ1n) is 13.1. The fraction of sp³-hybridized carbons (Fsp3) is 0.286. The van der Waals surface area contributed by atoms with Crippen molar-refractivity contribution in [2.45, 2.75) is 19.3 Å². The Bertz CT molecular complexity index is 1620. The number of carbonyl (C=O) groups is 1.